The van der Waals surface area contributed by atoms with E-state index in [2.05, 4.69) is 71.9 Å². The van der Waals surface area contributed by atoms with Crippen molar-refractivity contribution in [2.75, 3.05) is 5.75 Å². The number of benzene rings is 3. The van der Waals surface area contributed by atoms with Crippen LogP contribution in [0.15, 0.2) is 54.6 Å². The van der Waals surface area contributed by atoms with Crippen LogP contribution in [-0.2, 0) is 14.9 Å². The third kappa shape index (κ3) is 4.84. The van der Waals surface area contributed by atoms with E-state index < -0.39 is 15.5 Å². The number of carbonyl (C=O) groups is 1. The van der Waals surface area contributed by atoms with Gasteiger partial charge in [-0.3, -0.25) is 4.79 Å². The topological polar surface area (TPSA) is 60.4 Å². The van der Waals surface area contributed by atoms with E-state index in [1.54, 1.807) is 0 Å². The number of rotatable bonds is 8. The second-order valence-electron chi connectivity index (χ2n) is 13.5. The van der Waals surface area contributed by atoms with Gasteiger partial charge in [0.25, 0.3) is 0 Å². The van der Waals surface area contributed by atoms with Gasteiger partial charge in [0.15, 0.2) is 5.75 Å². The lowest BCUT2D eigenvalue weighted by Gasteiger charge is -2.36. The van der Waals surface area contributed by atoms with E-state index >= 15 is 0 Å². The van der Waals surface area contributed by atoms with Crippen LogP contribution in [0.25, 0.3) is 22.3 Å². The first kappa shape index (κ1) is 29.6. The van der Waals surface area contributed by atoms with Gasteiger partial charge in [-0.05, 0) is 83.2 Å². The number of carbonyl (C=O) groups excluding carboxylic acids is 1. The molecule has 0 N–H and O–H groups in total. The molecule has 2 bridgehead atoms. The first-order chi connectivity index (χ1) is 19.2. The molecule has 2 saturated carbocycles. The van der Waals surface area contributed by atoms with Crippen LogP contribution in [0.3, 0.4) is 0 Å². The zero-order valence-corrected chi connectivity index (χ0v) is 26.6. The van der Waals surface area contributed by atoms with E-state index in [1.165, 1.54) is 0 Å². The Kier molecular flexibility index (Phi) is 7.51. The summed E-state index contributed by atoms with van der Waals surface area (Å²) in [6.45, 7) is 16.8. The van der Waals surface area contributed by atoms with E-state index in [0.717, 1.165) is 50.9 Å². The lowest BCUT2D eigenvalue weighted by Crippen LogP contribution is -2.43. The quantitative estimate of drug-likeness (QED) is 0.253. The van der Waals surface area contributed by atoms with Gasteiger partial charge in [-0.15, -0.1) is 0 Å². The minimum absolute atomic E-state index is 0.0714. The molecular weight excluding hydrogens is 528 g/mol. The van der Waals surface area contributed by atoms with Crippen molar-refractivity contribution in [2.24, 2.45) is 16.7 Å². The number of fused-ring (bicyclic) bond motifs is 2. The van der Waals surface area contributed by atoms with Crippen LogP contribution in [0, 0.1) is 30.6 Å². The maximum atomic E-state index is 14.2. The van der Waals surface area contributed by atoms with Crippen LogP contribution in [0.5, 0.6) is 5.75 Å². The molecule has 0 aliphatic heterocycles. The molecule has 0 radical (unpaired) electrons. The Morgan fingerprint density at radius 2 is 1.34 bits per heavy atom. The molecule has 2 aliphatic carbocycles. The van der Waals surface area contributed by atoms with Crippen LogP contribution in [0.1, 0.15) is 94.9 Å². The first-order valence-corrected chi connectivity index (χ1v) is 16.6. The number of hydrogen-bond donors (Lipinski definition) is 0. The van der Waals surface area contributed by atoms with Gasteiger partial charge in [-0.2, -0.15) is 8.42 Å². The minimum Gasteiger partial charge on any atom is -0.381 e. The summed E-state index contributed by atoms with van der Waals surface area (Å²) in [5.41, 5.74) is 6.47. The third-order valence-corrected chi connectivity index (χ3v) is 11.4. The van der Waals surface area contributed by atoms with Crippen LogP contribution >= 0.6 is 0 Å². The molecule has 0 unspecified atom stereocenters. The Morgan fingerprint density at radius 1 is 0.854 bits per heavy atom. The van der Waals surface area contributed by atoms with Crippen molar-refractivity contribution in [3.63, 3.8) is 0 Å². The average Bonchev–Trinajstić information content (AvgIpc) is 3.22. The molecule has 0 saturated heterocycles. The summed E-state index contributed by atoms with van der Waals surface area (Å²) < 4.78 is 34.8. The standard InChI is InChI=1S/C36H44O4S/c1-22(2)27-13-9-11-15-29(27)32-24(5)19-25(6)33(30-16-12-10-14-28(30)23(3)4)34(32)40-41(38,39)21-36-18-17-26(20-31(36)37)35(36,7)8/h9-16,19,22-23,26H,17-18,20-21H2,1-8H3/t26-,36-/m1/s1. The van der Waals surface area contributed by atoms with Crippen molar-refractivity contribution in [2.45, 2.75) is 86.5 Å². The van der Waals surface area contributed by atoms with Gasteiger partial charge < -0.3 is 4.18 Å². The smallest absolute Gasteiger partial charge is 0.310 e. The summed E-state index contributed by atoms with van der Waals surface area (Å²) in [6, 6.07) is 18.5. The first-order valence-electron chi connectivity index (χ1n) is 15.0. The normalized spacial score (nSPS) is 21.7. The molecule has 0 spiro atoms. The predicted octanol–water partition coefficient (Wildman–Crippen LogP) is 8.99. The van der Waals surface area contributed by atoms with Gasteiger partial charge in [0.1, 0.15) is 5.78 Å². The molecular formula is C36H44O4S. The molecule has 0 aromatic heterocycles. The Balaban J connectivity index is 1.77. The van der Waals surface area contributed by atoms with E-state index in [1.807, 2.05) is 38.1 Å². The summed E-state index contributed by atoms with van der Waals surface area (Å²) in [4.78, 5) is 13.3. The highest BCUT2D eigenvalue weighted by atomic mass is 32.2. The maximum Gasteiger partial charge on any atom is 0.310 e. The molecule has 5 heteroatoms. The lowest BCUT2D eigenvalue weighted by atomic mass is 9.70. The summed E-state index contributed by atoms with van der Waals surface area (Å²) in [5, 5.41) is 0. The van der Waals surface area contributed by atoms with Crippen LogP contribution < -0.4 is 4.18 Å². The van der Waals surface area contributed by atoms with Gasteiger partial charge in [-0.1, -0.05) is 96.1 Å². The highest BCUT2D eigenvalue weighted by molar-refractivity contribution is 7.87. The third-order valence-electron chi connectivity index (χ3n) is 10.2. The van der Waals surface area contributed by atoms with Gasteiger partial charge in [0.2, 0.25) is 0 Å². The van der Waals surface area contributed by atoms with E-state index in [4.69, 9.17) is 4.18 Å². The highest BCUT2D eigenvalue weighted by Crippen LogP contribution is 2.64. The molecule has 4 nitrogen and oxygen atoms in total. The van der Waals surface area contributed by atoms with E-state index in [-0.39, 0.29) is 34.7 Å². The number of Topliss-reactive ketones (excluding diaryl/α,β-unsaturated/α-hetero) is 1. The fraction of sp³-hybridized carbons (Fsp3) is 0.472. The average molecular weight is 573 g/mol. The number of aryl methyl sites for hydroxylation is 2. The van der Waals surface area contributed by atoms with Gasteiger partial charge >= 0.3 is 10.1 Å². The van der Waals surface area contributed by atoms with Crippen LogP contribution in [-0.4, -0.2) is 20.0 Å². The largest absolute Gasteiger partial charge is 0.381 e. The Hall–Kier alpha value is -2.92. The minimum atomic E-state index is -4.15. The molecule has 0 heterocycles. The molecule has 41 heavy (non-hydrogen) atoms. The zero-order valence-electron chi connectivity index (χ0n) is 25.8. The molecule has 218 valence electrons. The van der Waals surface area contributed by atoms with Crippen LogP contribution in [0.2, 0.25) is 0 Å². The fourth-order valence-corrected chi connectivity index (χ4v) is 9.49. The Bertz CT molecular complexity index is 1540. The molecule has 2 atom stereocenters. The van der Waals surface area contributed by atoms with Crippen molar-refractivity contribution in [1.82, 2.24) is 0 Å². The van der Waals surface area contributed by atoms with Crippen molar-refractivity contribution in [3.05, 3.63) is 76.9 Å². The highest BCUT2D eigenvalue weighted by Gasteiger charge is 2.65. The lowest BCUT2D eigenvalue weighted by molar-refractivity contribution is -0.128. The number of hydrogen-bond acceptors (Lipinski definition) is 4. The molecule has 3 aromatic rings. The van der Waals surface area contributed by atoms with Crippen molar-refractivity contribution >= 4 is 15.9 Å². The number of ketones is 1. The molecule has 3 aromatic carbocycles. The predicted molar refractivity (Wildman–Crippen MR) is 168 cm³/mol. The molecule has 5 rings (SSSR count). The Labute approximate surface area is 246 Å². The fourth-order valence-electron chi connectivity index (χ4n) is 7.73. The van der Waals surface area contributed by atoms with Crippen molar-refractivity contribution < 1.29 is 17.4 Å². The molecule has 2 fully saturated rings. The van der Waals surface area contributed by atoms with Gasteiger partial charge in [0.05, 0.1) is 11.2 Å². The zero-order chi connectivity index (χ0) is 29.9. The molecule has 2 aliphatic rings. The molecule has 0 amide bonds. The summed E-state index contributed by atoms with van der Waals surface area (Å²) in [6.07, 6.45) is 1.95. The SMILES string of the molecule is Cc1cc(C)c(-c2ccccc2C(C)C)c(OS(=O)(=O)C[C@]23CC[C@H](CC2=O)C3(C)C)c1-c1ccccc1C(C)C. The van der Waals surface area contributed by atoms with Crippen LogP contribution in [0.4, 0.5) is 0 Å². The summed E-state index contributed by atoms with van der Waals surface area (Å²) >= 11 is 0. The second-order valence-corrected chi connectivity index (χ2v) is 15.1. The van der Waals surface area contributed by atoms with E-state index in [9.17, 15) is 13.2 Å². The van der Waals surface area contributed by atoms with Gasteiger partial charge in [0, 0.05) is 17.5 Å². The van der Waals surface area contributed by atoms with E-state index in [0.29, 0.717) is 18.6 Å². The Morgan fingerprint density at radius 3 is 1.76 bits per heavy atom. The summed E-state index contributed by atoms with van der Waals surface area (Å²) in [7, 11) is -4.15. The van der Waals surface area contributed by atoms with Crippen molar-refractivity contribution in [3.8, 4) is 28.0 Å². The maximum absolute atomic E-state index is 14.2. The second kappa shape index (κ2) is 10.4. The monoisotopic (exact) mass is 572 g/mol. The summed E-state index contributed by atoms with van der Waals surface area (Å²) in [5.74, 6) is 0.850. The van der Waals surface area contributed by atoms with Gasteiger partial charge in [-0.25, -0.2) is 0 Å². The van der Waals surface area contributed by atoms with Crippen molar-refractivity contribution in [1.29, 1.82) is 0 Å².